The van der Waals surface area contributed by atoms with E-state index in [2.05, 4.69) is 20.0 Å². The third-order valence-corrected chi connectivity index (χ3v) is 7.01. The van der Waals surface area contributed by atoms with E-state index >= 15 is 0 Å². The zero-order chi connectivity index (χ0) is 19.7. The molecular weight excluding hydrogens is 416 g/mol. The number of rotatable bonds is 5. The lowest BCUT2D eigenvalue weighted by molar-refractivity contribution is 0.102. The van der Waals surface area contributed by atoms with Crippen molar-refractivity contribution >= 4 is 59.1 Å². The van der Waals surface area contributed by atoms with Gasteiger partial charge in [-0.05, 0) is 37.3 Å². The van der Waals surface area contributed by atoms with Crippen LogP contribution in [-0.2, 0) is 10.0 Å². The van der Waals surface area contributed by atoms with Gasteiger partial charge in [0.15, 0.2) is 10.3 Å². The molecule has 0 bridgehead atoms. The van der Waals surface area contributed by atoms with Crippen molar-refractivity contribution in [3.8, 4) is 0 Å². The van der Waals surface area contributed by atoms with E-state index < -0.39 is 10.0 Å². The van der Waals surface area contributed by atoms with Gasteiger partial charge < -0.3 is 0 Å². The highest BCUT2D eigenvalue weighted by atomic mass is 32.2. The van der Waals surface area contributed by atoms with Gasteiger partial charge in [-0.15, -0.1) is 11.3 Å². The van der Waals surface area contributed by atoms with Gasteiger partial charge in [-0.25, -0.2) is 18.4 Å². The first-order valence-corrected chi connectivity index (χ1v) is 11.2. The molecule has 0 fully saturated rings. The van der Waals surface area contributed by atoms with E-state index in [9.17, 15) is 13.2 Å². The fourth-order valence-corrected chi connectivity index (χ4v) is 5.29. The van der Waals surface area contributed by atoms with Gasteiger partial charge in [-0.3, -0.25) is 14.8 Å². The standard InChI is InChI=1S/C18H14N4O3S3/c1-11-10-19-17(26-11)21-16(23)12-7-8-14-15(9-12)27-18(20-14)22-28(24,25)13-5-3-2-4-6-13/h2-10H,1H3,(H,20,22)(H,19,21,23). The highest BCUT2D eigenvalue weighted by Crippen LogP contribution is 2.29. The maximum absolute atomic E-state index is 12.4. The zero-order valence-electron chi connectivity index (χ0n) is 14.5. The van der Waals surface area contributed by atoms with Crippen molar-refractivity contribution in [3.63, 3.8) is 0 Å². The third-order valence-electron chi connectivity index (χ3n) is 3.77. The van der Waals surface area contributed by atoms with Crippen LogP contribution in [0.1, 0.15) is 15.2 Å². The minimum absolute atomic E-state index is 0.160. The molecule has 2 aromatic carbocycles. The molecule has 0 aliphatic carbocycles. The molecule has 0 spiro atoms. The number of carbonyl (C=O) groups excluding carboxylic acids is 1. The number of hydrogen-bond acceptors (Lipinski definition) is 7. The van der Waals surface area contributed by atoms with Crippen LogP contribution >= 0.6 is 22.7 Å². The number of thiazole rings is 2. The number of aromatic nitrogens is 2. The minimum atomic E-state index is -3.71. The van der Waals surface area contributed by atoms with Gasteiger partial charge in [0.25, 0.3) is 15.9 Å². The molecule has 0 aliphatic heterocycles. The molecule has 2 N–H and O–H groups in total. The van der Waals surface area contributed by atoms with Crippen molar-refractivity contribution in [2.24, 2.45) is 0 Å². The molecule has 2 aromatic heterocycles. The Balaban J connectivity index is 1.57. The molecule has 0 aliphatic rings. The van der Waals surface area contributed by atoms with Crippen LogP contribution in [0, 0.1) is 6.92 Å². The summed E-state index contributed by atoms with van der Waals surface area (Å²) in [6.45, 7) is 1.91. The maximum atomic E-state index is 12.4. The summed E-state index contributed by atoms with van der Waals surface area (Å²) >= 11 is 2.56. The molecule has 0 saturated carbocycles. The second-order valence-electron chi connectivity index (χ2n) is 5.85. The van der Waals surface area contributed by atoms with Gasteiger partial charge >= 0.3 is 0 Å². The van der Waals surface area contributed by atoms with Crippen molar-refractivity contribution < 1.29 is 13.2 Å². The molecule has 2 heterocycles. The van der Waals surface area contributed by atoms with Crippen LogP contribution in [0.15, 0.2) is 59.6 Å². The monoisotopic (exact) mass is 430 g/mol. The number of aryl methyl sites for hydroxylation is 1. The number of carbonyl (C=O) groups is 1. The van der Waals surface area contributed by atoms with E-state index in [1.165, 1.54) is 34.8 Å². The Morgan fingerprint density at radius 3 is 2.54 bits per heavy atom. The Morgan fingerprint density at radius 1 is 1.04 bits per heavy atom. The Labute approximate surface area is 169 Å². The maximum Gasteiger partial charge on any atom is 0.263 e. The van der Waals surface area contributed by atoms with E-state index in [1.54, 1.807) is 42.6 Å². The number of nitrogens with zero attached hydrogens (tertiary/aromatic N) is 2. The van der Waals surface area contributed by atoms with E-state index in [-0.39, 0.29) is 15.9 Å². The van der Waals surface area contributed by atoms with Gasteiger partial charge in [-0.1, -0.05) is 29.5 Å². The number of fused-ring (bicyclic) bond motifs is 1. The van der Waals surface area contributed by atoms with Crippen molar-refractivity contribution in [2.75, 3.05) is 10.0 Å². The quantitative estimate of drug-likeness (QED) is 0.496. The molecule has 1 amide bonds. The molecule has 0 saturated heterocycles. The summed E-state index contributed by atoms with van der Waals surface area (Å²) in [5, 5.41) is 3.52. The van der Waals surface area contributed by atoms with Crippen LogP contribution in [0.2, 0.25) is 0 Å². The number of hydrogen-bond donors (Lipinski definition) is 2. The van der Waals surface area contributed by atoms with Crippen LogP contribution < -0.4 is 10.0 Å². The van der Waals surface area contributed by atoms with Crippen LogP contribution in [0.3, 0.4) is 0 Å². The average molecular weight is 431 g/mol. The van der Waals surface area contributed by atoms with Gasteiger partial charge in [0, 0.05) is 16.6 Å². The van der Waals surface area contributed by atoms with Crippen molar-refractivity contribution in [1.29, 1.82) is 0 Å². The summed E-state index contributed by atoms with van der Waals surface area (Å²) in [5.41, 5.74) is 1.05. The van der Waals surface area contributed by atoms with E-state index in [1.807, 2.05) is 6.92 Å². The third kappa shape index (κ3) is 3.88. The lowest BCUT2D eigenvalue weighted by atomic mass is 10.2. The van der Waals surface area contributed by atoms with Crippen molar-refractivity contribution in [3.05, 3.63) is 65.2 Å². The molecule has 4 rings (SSSR count). The Kier molecular flexibility index (Phi) is 4.84. The molecule has 142 valence electrons. The van der Waals surface area contributed by atoms with Gasteiger partial charge in [0.1, 0.15) is 0 Å². The fourth-order valence-electron chi connectivity index (χ4n) is 2.46. The minimum Gasteiger partial charge on any atom is -0.298 e. The molecular formula is C18H14N4O3S3. The molecule has 0 radical (unpaired) electrons. The fraction of sp³-hybridized carbons (Fsp3) is 0.0556. The normalized spacial score (nSPS) is 11.5. The zero-order valence-corrected chi connectivity index (χ0v) is 17.0. The second-order valence-corrected chi connectivity index (χ2v) is 9.80. The Bertz CT molecular complexity index is 1260. The molecule has 0 atom stereocenters. The molecule has 10 heteroatoms. The summed E-state index contributed by atoms with van der Waals surface area (Å²) in [6.07, 6.45) is 1.69. The number of amides is 1. The topological polar surface area (TPSA) is 101 Å². The summed E-state index contributed by atoms with van der Waals surface area (Å²) in [5.74, 6) is -0.281. The number of nitrogens with one attached hydrogen (secondary N) is 2. The smallest absolute Gasteiger partial charge is 0.263 e. The molecule has 7 nitrogen and oxygen atoms in total. The summed E-state index contributed by atoms with van der Waals surface area (Å²) in [6, 6.07) is 13.1. The Morgan fingerprint density at radius 2 is 1.82 bits per heavy atom. The number of benzene rings is 2. The molecule has 28 heavy (non-hydrogen) atoms. The van der Waals surface area contributed by atoms with Crippen LogP contribution in [-0.4, -0.2) is 24.3 Å². The molecule has 0 unspecified atom stereocenters. The highest BCUT2D eigenvalue weighted by molar-refractivity contribution is 7.93. The first kappa shape index (κ1) is 18.5. The average Bonchev–Trinajstić information content (AvgIpc) is 3.26. The van der Waals surface area contributed by atoms with E-state index in [0.29, 0.717) is 20.9 Å². The predicted octanol–water partition coefficient (Wildman–Crippen LogP) is 4.11. The largest absolute Gasteiger partial charge is 0.298 e. The molecule has 4 aromatic rings. The van der Waals surface area contributed by atoms with E-state index in [4.69, 9.17) is 0 Å². The predicted molar refractivity (Wildman–Crippen MR) is 112 cm³/mol. The van der Waals surface area contributed by atoms with Crippen LogP contribution in [0.25, 0.3) is 10.2 Å². The number of sulfonamides is 1. The first-order valence-electron chi connectivity index (χ1n) is 8.13. The SMILES string of the molecule is Cc1cnc(NC(=O)c2ccc3nc(NS(=O)(=O)c4ccccc4)sc3c2)s1. The summed E-state index contributed by atoms with van der Waals surface area (Å²) in [4.78, 5) is 22.0. The van der Waals surface area contributed by atoms with Gasteiger partial charge in [0.2, 0.25) is 0 Å². The van der Waals surface area contributed by atoms with Gasteiger partial charge in [-0.2, -0.15) is 0 Å². The Hall–Kier alpha value is -2.82. The van der Waals surface area contributed by atoms with E-state index in [0.717, 1.165) is 4.88 Å². The summed E-state index contributed by atoms with van der Waals surface area (Å²) in [7, 11) is -3.71. The number of anilines is 2. The van der Waals surface area contributed by atoms with Crippen molar-refractivity contribution in [1.82, 2.24) is 9.97 Å². The van der Waals surface area contributed by atoms with Crippen molar-refractivity contribution in [2.45, 2.75) is 11.8 Å². The first-order chi connectivity index (χ1) is 13.4. The lowest BCUT2D eigenvalue weighted by Crippen LogP contribution is -2.12. The van der Waals surface area contributed by atoms with Gasteiger partial charge in [0.05, 0.1) is 15.1 Å². The van der Waals surface area contributed by atoms with Crippen LogP contribution in [0.4, 0.5) is 10.3 Å². The van der Waals surface area contributed by atoms with Crippen LogP contribution in [0.5, 0.6) is 0 Å². The lowest BCUT2D eigenvalue weighted by Gasteiger charge is -2.03. The second kappa shape index (κ2) is 7.30. The highest BCUT2D eigenvalue weighted by Gasteiger charge is 2.17. The summed E-state index contributed by atoms with van der Waals surface area (Å²) < 4.78 is 28.1.